The molecule has 116 valence electrons. The Balaban J connectivity index is 2.04. The van der Waals surface area contributed by atoms with Gasteiger partial charge in [-0.25, -0.2) is 0 Å². The van der Waals surface area contributed by atoms with Crippen LogP contribution in [0.2, 0.25) is 0 Å². The Bertz CT molecular complexity index is 307. The quantitative estimate of drug-likeness (QED) is 0.628. The van der Waals surface area contributed by atoms with Gasteiger partial charge in [0.2, 0.25) is 11.8 Å². The lowest BCUT2D eigenvalue weighted by Crippen LogP contribution is -2.32. The summed E-state index contributed by atoms with van der Waals surface area (Å²) >= 11 is 0. The van der Waals surface area contributed by atoms with E-state index in [9.17, 15) is 9.59 Å². The smallest absolute Gasteiger partial charge is 0.221 e. The van der Waals surface area contributed by atoms with Gasteiger partial charge >= 0.3 is 0 Å². The van der Waals surface area contributed by atoms with E-state index >= 15 is 0 Å². The second-order valence-corrected chi connectivity index (χ2v) is 5.78. The molecule has 4 N–H and O–H groups in total. The van der Waals surface area contributed by atoms with Gasteiger partial charge in [0, 0.05) is 32.0 Å². The van der Waals surface area contributed by atoms with Crippen molar-refractivity contribution in [3.8, 4) is 0 Å². The predicted octanol–water partition coefficient (Wildman–Crippen LogP) is 1.32. The van der Waals surface area contributed by atoms with E-state index in [2.05, 4.69) is 10.6 Å². The average Bonchev–Trinajstić information content (AvgIpc) is 2.43. The van der Waals surface area contributed by atoms with Gasteiger partial charge in [-0.05, 0) is 31.6 Å². The van der Waals surface area contributed by atoms with Crippen LogP contribution in [0.3, 0.4) is 0 Å². The third-order valence-electron chi connectivity index (χ3n) is 3.85. The summed E-state index contributed by atoms with van der Waals surface area (Å²) in [5.41, 5.74) is 5.94. The Labute approximate surface area is 122 Å². The molecule has 5 nitrogen and oxygen atoms in total. The van der Waals surface area contributed by atoms with Crippen molar-refractivity contribution in [1.29, 1.82) is 0 Å². The first kappa shape index (κ1) is 17.0. The van der Waals surface area contributed by atoms with Crippen LogP contribution in [-0.4, -0.2) is 30.9 Å². The van der Waals surface area contributed by atoms with Gasteiger partial charge in [0.1, 0.15) is 0 Å². The molecule has 0 aromatic rings. The van der Waals surface area contributed by atoms with Crippen LogP contribution in [0, 0.1) is 5.92 Å². The highest BCUT2D eigenvalue weighted by atomic mass is 16.2. The van der Waals surface area contributed by atoms with E-state index in [1.807, 2.05) is 6.92 Å². The SMILES string of the molecule is CCCNC(=O)CCNC(=O)CCC1CCCC(N)C1. The first-order valence-electron chi connectivity index (χ1n) is 7.90. The molecule has 2 amide bonds. The Morgan fingerprint density at radius 2 is 1.80 bits per heavy atom. The molecule has 0 bridgehead atoms. The summed E-state index contributed by atoms with van der Waals surface area (Å²) in [7, 11) is 0. The van der Waals surface area contributed by atoms with Gasteiger partial charge in [-0.15, -0.1) is 0 Å². The molecule has 1 aliphatic rings. The molecule has 2 unspecified atom stereocenters. The van der Waals surface area contributed by atoms with E-state index < -0.39 is 0 Å². The van der Waals surface area contributed by atoms with Gasteiger partial charge in [0.15, 0.2) is 0 Å². The van der Waals surface area contributed by atoms with Crippen molar-refractivity contribution in [2.24, 2.45) is 11.7 Å². The maximum absolute atomic E-state index is 11.7. The molecule has 1 fully saturated rings. The van der Waals surface area contributed by atoms with Crippen LogP contribution in [0.25, 0.3) is 0 Å². The van der Waals surface area contributed by atoms with E-state index in [0.29, 0.717) is 37.9 Å². The van der Waals surface area contributed by atoms with Crippen molar-refractivity contribution in [1.82, 2.24) is 10.6 Å². The van der Waals surface area contributed by atoms with Gasteiger partial charge < -0.3 is 16.4 Å². The number of carbonyl (C=O) groups excluding carboxylic acids is 2. The molecule has 0 saturated heterocycles. The lowest BCUT2D eigenvalue weighted by molar-refractivity contribution is -0.122. The molecule has 0 radical (unpaired) electrons. The molecule has 2 atom stereocenters. The van der Waals surface area contributed by atoms with Gasteiger partial charge in [-0.2, -0.15) is 0 Å². The summed E-state index contributed by atoms with van der Waals surface area (Å²) in [6.45, 7) is 3.15. The van der Waals surface area contributed by atoms with Crippen LogP contribution < -0.4 is 16.4 Å². The second kappa shape index (κ2) is 9.75. The van der Waals surface area contributed by atoms with Crippen LogP contribution in [-0.2, 0) is 9.59 Å². The normalized spacial score (nSPS) is 22.3. The van der Waals surface area contributed by atoms with Crippen molar-refractivity contribution in [3.05, 3.63) is 0 Å². The van der Waals surface area contributed by atoms with Crippen molar-refractivity contribution in [2.45, 2.75) is 64.3 Å². The number of rotatable bonds is 8. The first-order valence-corrected chi connectivity index (χ1v) is 7.90. The van der Waals surface area contributed by atoms with E-state index in [-0.39, 0.29) is 11.8 Å². The molecular weight excluding hydrogens is 254 g/mol. The standard InChI is InChI=1S/C15H29N3O2/c1-2-9-17-15(20)8-10-18-14(19)7-6-12-4-3-5-13(16)11-12/h12-13H,2-11,16H2,1H3,(H,17,20)(H,18,19). The minimum absolute atomic E-state index is 0.00500. The monoisotopic (exact) mass is 283 g/mol. The van der Waals surface area contributed by atoms with Gasteiger partial charge in [0.25, 0.3) is 0 Å². The average molecular weight is 283 g/mol. The molecule has 1 rings (SSSR count). The Morgan fingerprint density at radius 1 is 1.10 bits per heavy atom. The fourth-order valence-corrected chi connectivity index (χ4v) is 2.69. The molecule has 0 aromatic heterocycles. The summed E-state index contributed by atoms with van der Waals surface area (Å²) in [6, 6.07) is 0.319. The van der Waals surface area contributed by atoms with E-state index in [0.717, 1.165) is 25.7 Å². The van der Waals surface area contributed by atoms with E-state index in [1.54, 1.807) is 0 Å². The highest BCUT2D eigenvalue weighted by Gasteiger charge is 2.19. The maximum Gasteiger partial charge on any atom is 0.221 e. The highest BCUT2D eigenvalue weighted by Crippen LogP contribution is 2.26. The third kappa shape index (κ3) is 7.48. The molecule has 0 heterocycles. The Morgan fingerprint density at radius 3 is 2.50 bits per heavy atom. The van der Waals surface area contributed by atoms with Crippen molar-refractivity contribution in [2.75, 3.05) is 13.1 Å². The predicted molar refractivity (Wildman–Crippen MR) is 80.1 cm³/mol. The zero-order chi connectivity index (χ0) is 14.8. The maximum atomic E-state index is 11.7. The number of carbonyl (C=O) groups is 2. The lowest BCUT2D eigenvalue weighted by Gasteiger charge is -2.26. The molecule has 1 saturated carbocycles. The van der Waals surface area contributed by atoms with Crippen LogP contribution in [0.15, 0.2) is 0 Å². The molecule has 20 heavy (non-hydrogen) atoms. The third-order valence-corrected chi connectivity index (χ3v) is 3.85. The minimum atomic E-state index is 0.00500. The molecule has 0 spiro atoms. The fraction of sp³-hybridized carbons (Fsp3) is 0.867. The Kier molecular flexibility index (Phi) is 8.26. The second-order valence-electron chi connectivity index (χ2n) is 5.78. The van der Waals surface area contributed by atoms with Crippen LogP contribution in [0.4, 0.5) is 0 Å². The zero-order valence-electron chi connectivity index (χ0n) is 12.6. The summed E-state index contributed by atoms with van der Waals surface area (Å²) in [4.78, 5) is 23.0. The molecule has 5 heteroatoms. The van der Waals surface area contributed by atoms with Crippen LogP contribution in [0.1, 0.15) is 58.3 Å². The topological polar surface area (TPSA) is 84.2 Å². The van der Waals surface area contributed by atoms with E-state index in [4.69, 9.17) is 5.73 Å². The largest absolute Gasteiger partial charge is 0.356 e. The summed E-state index contributed by atoms with van der Waals surface area (Å²) in [5.74, 6) is 0.648. The van der Waals surface area contributed by atoms with Gasteiger partial charge in [0.05, 0.1) is 0 Å². The molecule has 1 aliphatic carbocycles. The number of amides is 2. The lowest BCUT2D eigenvalue weighted by atomic mass is 9.83. The molecule has 0 aromatic carbocycles. The zero-order valence-corrected chi connectivity index (χ0v) is 12.6. The number of nitrogens with two attached hydrogens (primary N) is 1. The highest BCUT2D eigenvalue weighted by molar-refractivity contribution is 5.78. The van der Waals surface area contributed by atoms with Crippen LogP contribution in [0.5, 0.6) is 0 Å². The summed E-state index contributed by atoms with van der Waals surface area (Å²) in [6.07, 6.45) is 7.31. The molecule has 0 aliphatic heterocycles. The number of hydrogen-bond acceptors (Lipinski definition) is 3. The van der Waals surface area contributed by atoms with Crippen molar-refractivity contribution >= 4 is 11.8 Å². The van der Waals surface area contributed by atoms with E-state index in [1.165, 1.54) is 12.8 Å². The Hall–Kier alpha value is -1.10. The summed E-state index contributed by atoms with van der Waals surface area (Å²) in [5, 5.41) is 5.60. The number of nitrogens with one attached hydrogen (secondary N) is 2. The minimum Gasteiger partial charge on any atom is -0.356 e. The van der Waals surface area contributed by atoms with Crippen molar-refractivity contribution < 1.29 is 9.59 Å². The molecular formula is C15H29N3O2. The van der Waals surface area contributed by atoms with Crippen LogP contribution >= 0.6 is 0 Å². The van der Waals surface area contributed by atoms with Crippen molar-refractivity contribution in [3.63, 3.8) is 0 Å². The van der Waals surface area contributed by atoms with Gasteiger partial charge in [-0.1, -0.05) is 19.8 Å². The van der Waals surface area contributed by atoms with Gasteiger partial charge in [-0.3, -0.25) is 9.59 Å². The summed E-state index contributed by atoms with van der Waals surface area (Å²) < 4.78 is 0. The first-order chi connectivity index (χ1) is 9.61. The fourth-order valence-electron chi connectivity index (χ4n) is 2.69. The number of hydrogen-bond donors (Lipinski definition) is 3.